The molecule has 1 aromatic rings. The molecule has 1 aromatic carbocycles. The average molecular weight is 528 g/mol. The van der Waals surface area contributed by atoms with Crippen LogP contribution in [0.25, 0.3) is 0 Å². The third-order valence-corrected chi connectivity index (χ3v) is 8.29. The van der Waals surface area contributed by atoms with Crippen molar-refractivity contribution in [3.8, 4) is 11.5 Å². The fourth-order valence-electron chi connectivity index (χ4n) is 6.25. The Morgan fingerprint density at radius 1 is 0.919 bits per heavy atom. The van der Waals surface area contributed by atoms with Gasteiger partial charge in [-0.3, -0.25) is 9.59 Å². The highest BCUT2D eigenvalue weighted by Crippen LogP contribution is 2.55. The summed E-state index contributed by atoms with van der Waals surface area (Å²) in [6.45, 7) is 11.3. The quantitative estimate of drug-likeness (QED) is 0.325. The first kappa shape index (κ1) is 27.8. The van der Waals surface area contributed by atoms with Gasteiger partial charge in [0.2, 0.25) is 0 Å². The Morgan fingerprint density at radius 2 is 1.49 bits per heavy atom. The lowest BCUT2D eigenvalue weighted by Gasteiger charge is -2.48. The van der Waals surface area contributed by atoms with Crippen molar-refractivity contribution >= 4 is 23.2 Å². The molecule has 1 heterocycles. The van der Waals surface area contributed by atoms with E-state index < -0.39 is 5.92 Å². The number of nitrogens with zero attached hydrogens (tertiary/aromatic N) is 1. The van der Waals surface area contributed by atoms with Gasteiger partial charge in [0.25, 0.3) is 0 Å². The van der Waals surface area contributed by atoms with Gasteiger partial charge in [-0.15, -0.1) is 0 Å². The molecule has 6 heteroatoms. The standard InChI is InChI=1S/C31H42ClNO4/c1-8-9-10-11-12-37-29-20(32)13-19(14-25(29)36-7)26-27-21(15-30(2,3)17-23(27)34)33(6)22-16-31(4,5)18-24(35)28(22)26/h13-14,26H,8-12,15-18H2,1-7H3. The Bertz CT molecular complexity index is 1110. The molecule has 0 radical (unpaired) electrons. The van der Waals surface area contributed by atoms with Gasteiger partial charge in [-0.25, -0.2) is 0 Å². The van der Waals surface area contributed by atoms with Gasteiger partial charge < -0.3 is 14.4 Å². The van der Waals surface area contributed by atoms with Crippen molar-refractivity contribution in [2.45, 2.75) is 91.9 Å². The van der Waals surface area contributed by atoms with Crippen LogP contribution in [0, 0.1) is 10.8 Å². The molecule has 1 aliphatic heterocycles. The number of methoxy groups -OCH3 is 1. The largest absolute Gasteiger partial charge is 0.493 e. The van der Waals surface area contributed by atoms with Crippen molar-refractivity contribution < 1.29 is 19.1 Å². The molecule has 3 aliphatic rings. The molecule has 0 N–H and O–H groups in total. The maximum absolute atomic E-state index is 13.7. The third kappa shape index (κ3) is 5.48. The summed E-state index contributed by atoms with van der Waals surface area (Å²) >= 11 is 6.80. The summed E-state index contributed by atoms with van der Waals surface area (Å²) in [4.78, 5) is 29.6. The molecule has 0 spiro atoms. The molecule has 4 rings (SSSR count). The maximum Gasteiger partial charge on any atom is 0.179 e. The van der Waals surface area contributed by atoms with Crippen LogP contribution in [0.3, 0.4) is 0 Å². The number of hydrogen-bond acceptors (Lipinski definition) is 5. The molecule has 0 atom stereocenters. The van der Waals surface area contributed by atoms with Crippen molar-refractivity contribution in [2.75, 3.05) is 20.8 Å². The fraction of sp³-hybridized carbons (Fsp3) is 0.613. The SMILES string of the molecule is CCCCCCOc1c(Cl)cc(C2C3=C(CC(C)(C)CC3=O)N(C)C3=C2C(=O)CC(C)(C)C3)cc1OC. The second-order valence-corrected chi connectivity index (χ2v) is 12.9. The van der Waals surface area contributed by atoms with Crippen LogP contribution >= 0.6 is 11.6 Å². The van der Waals surface area contributed by atoms with Crippen LogP contribution < -0.4 is 9.47 Å². The molecule has 0 saturated carbocycles. The Balaban J connectivity index is 1.82. The summed E-state index contributed by atoms with van der Waals surface area (Å²) in [5, 5.41) is 0.445. The normalized spacial score (nSPS) is 21.2. The van der Waals surface area contributed by atoms with E-state index in [1.54, 1.807) is 7.11 Å². The number of hydrogen-bond donors (Lipinski definition) is 0. The van der Waals surface area contributed by atoms with Crippen LogP contribution in [0.5, 0.6) is 11.5 Å². The van der Waals surface area contributed by atoms with Gasteiger partial charge >= 0.3 is 0 Å². The first-order valence-electron chi connectivity index (χ1n) is 13.7. The van der Waals surface area contributed by atoms with Crippen molar-refractivity contribution in [3.05, 3.63) is 45.3 Å². The van der Waals surface area contributed by atoms with E-state index in [1.807, 2.05) is 19.2 Å². The smallest absolute Gasteiger partial charge is 0.179 e. The Kier molecular flexibility index (Phi) is 7.86. The summed E-state index contributed by atoms with van der Waals surface area (Å²) in [6.07, 6.45) is 6.89. The van der Waals surface area contributed by atoms with Crippen molar-refractivity contribution in [1.82, 2.24) is 4.90 Å². The van der Waals surface area contributed by atoms with Crippen molar-refractivity contribution in [1.29, 1.82) is 0 Å². The third-order valence-electron chi connectivity index (χ3n) is 8.01. The number of halogens is 1. The van der Waals surface area contributed by atoms with Crippen molar-refractivity contribution in [3.63, 3.8) is 0 Å². The summed E-state index contributed by atoms with van der Waals surface area (Å²) in [7, 11) is 3.62. The lowest BCUT2D eigenvalue weighted by molar-refractivity contribution is -0.119. The predicted molar refractivity (Wildman–Crippen MR) is 148 cm³/mol. The summed E-state index contributed by atoms with van der Waals surface area (Å²) < 4.78 is 11.8. The van der Waals surface area contributed by atoms with Crippen LogP contribution in [-0.4, -0.2) is 37.2 Å². The van der Waals surface area contributed by atoms with Gasteiger partial charge in [0.1, 0.15) is 0 Å². The van der Waals surface area contributed by atoms with Crippen LogP contribution in [-0.2, 0) is 9.59 Å². The van der Waals surface area contributed by atoms with E-state index in [0.717, 1.165) is 60.2 Å². The average Bonchev–Trinajstić information content (AvgIpc) is 2.79. The zero-order chi connectivity index (χ0) is 27.1. The number of rotatable bonds is 8. The first-order chi connectivity index (χ1) is 17.4. The minimum Gasteiger partial charge on any atom is -0.493 e. The van der Waals surface area contributed by atoms with E-state index in [-0.39, 0.29) is 22.4 Å². The molecule has 37 heavy (non-hydrogen) atoms. The number of allylic oxidation sites excluding steroid dienone is 4. The number of ketones is 2. The minimum atomic E-state index is -0.446. The summed E-state index contributed by atoms with van der Waals surface area (Å²) in [6, 6.07) is 3.79. The first-order valence-corrected chi connectivity index (χ1v) is 14.0. The predicted octanol–water partition coefficient (Wildman–Crippen LogP) is 7.62. The number of unbranched alkanes of at least 4 members (excludes halogenated alkanes) is 3. The highest BCUT2D eigenvalue weighted by atomic mass is 35.5. The number of carbonyl (C=O) groups is 2. The van der Waals surface area contributed by atoms with Gasteiger partial charge in [0.05, 0.1) is 18.7 Å². The molecule has 0 unspecified atom stereocenters. The molecular weight excluding hydrogens is 486 g/mol. The van der Waals surface area contributed by atoms with Crippen LogP contribution in [0.4, 0.5) is 0 Å². The molecule has 0 bridgehead atoms. The second-order valence-electron chi connectivity index (χ2n) is 12.5. The molecule has 0 amide bonds. The van der Waals surface area contributed by atoms with Gasteiger partial charge in [-0.1, -0.05) is 65.5 Å². The van der Waals surface area contributed by atoms with Crippen LogP contribution in [0.1, 0.15) is 97.5 Å². The summed E-state index contributed by atoms with van der Waals surface area (Å²) in [5.74, 6) is 0.831. The fourth-order valence-corrected chi connectivity index (χ4v) is 6.52. The van der Waals surface area contributed by atoms with Crippen molar-refractivity contribution in [2.24, 2.45) is 10.8 Å². The van der Waals surface area contributed by atoms with Crippen LogP contribution in [0.2, 0.25) is 5.02 Å². The topological polar surface area (TPSA) is 55.8 Å². The monoisotopic (exact) mass is 527 g/mol. The summed E-state index contributed by atoms with van der Waals surface area (Å²) in [5.41, 5.74) is 4.08. The Morgan fingerprint density at radius 3 is 2.00 bits per heavy atom. The minimum absolute atomic E-state index is 0.110. The molecule has 0 saturated heterocycles. The molecule has 202 valence electrons. The van der Waals surface area contributed by atoms with Gasteiger partial charge in [0, 0.05) is 48.3 Å². The maximum atomic E-state index is 13.7. The van der Waals surface area contributed by atoms with E-state index >= 15 is 0 Å². The van der Waals surface area contributed by atoms with E-state index in [2.05, 4.69) is 39.5 Å². The molecule has 0 fully saturated rings. The van der Waals surface area contributed by atoms with Crippen LogP contribution in [0.15, 0.2) is 34.7 Å². The number of benzene rings is 1. The van der Waals surface area contributed by atoms with Gasteiger partial charge in [-0.2, -0.15) is 0 Å². The van der Waals surface area contributed by atoms with Gasteiger partial charge in [0.15, 0.2) is 23.1 Å². The highest BCUT2D eigenvalue weighted by Gasteiger charge is 2.48. The lowest BCUT2D eigenvalue weighted by atomic mass is 9.63. The number of carbonyl (C=O) groups excluding carboxylic acids is 2. The highest BCUT2D eigenvalue weighted by molar-refractivity contribution is 6.32. The van der Waals surface area contributed by atoms with E-state index in [1.165, 1.54) is 6.42 Å². The van der Waals surface area contributed by atoms with E-state index in [0.29, 0.717) is 36.0 Å². The second kappa shape index (κ2) is 10.5. The van der Waals surface area contributed by atoms with E-state index in [9.17, 15) is 9.59 Å². The zero-order valence-electron chi connectivity index (χ0n) is 23.6. The van der Waals surface area contributed by atoms with E-state index in [4.69, 9.17) is 21.1 Å². The molecular formula is C31H42ClNO4. The lowest BCUT2D eigenvalue weighted by Crippen LogP contribution is -2.43. The molecule has 0 aromatic heterocycles. The zero-order valence-corrected chi connectivity index (χ0v) is 24.3. The Labute approximate surface area is 227 Å². The molecule has 5 nitrogen and oxygen atoms in total. The number of Topliss-reactive ketones (excluding diaryl/α,β-unsaturated/α-hetero) is 2. The molecule has 2 aliphatic carbocycles. The number of ether oxygens (including phenoxy) is 2. The Hall–Kier alpha value is -2.27. The van der Waals surface area contributed by atoms with Gasteiger partial charge in [-0.05, 0) is 47.8 Å².